The number of aliphatic hydroxyl groups excluding tert-OH is 2. The number of phenolic OH excluding ortho intramolecular Hbond substituents is 1. The first kappa shape index (κ1) is 25.9. The molecular formula is C27H30N2O9. The van der Waals surface area contributed by atoms with Crippen LogP contribution >= 0.6 is 0 Å². The molecule has 1 amide bonds. The summed E-state index contributed by atoms with van der Waals surface area (Å²) in [5.74, 6) is -9.83. The minimum atomic E-state index is -2.93. The minimum Gasteiger partial charge on any atom is -0.508 e. The van der Waals surface area contributed by atoms with E-state index in [1.807, 2.05) is 0 Å². The molecule has 0 aliphatic heterocycles. The number of nitrogens with zero attached hydrogens (tertiary/aromatic N) is 1. The zero-order valence-electron chi connectivity index (χ0n) is 21.2. The molecule has 11 nitrogen and oxygen atoms in total. The number of primary amides is 1. The number of hydrogen-bond acceptors (Lipinski definition) is 10. The van der Waals surface area contributed by atoms with E-state index in [0.717, 1.165) is 6.42 Å². The molecule has 5 rings (SSSR count). The Bertz CT molecular complexity index is 1340. The molecule has 2 fully saturated rings. The van der Waals surface area contributed by atoms with Crippen molar-refractivity contribution in [2.24, 2.45) is 23.5 Å². The Labute approximate surface area is 218 Å². The van der Waals surface area contributed by atoms with Gasteiger partial charge in [0.1, 0.15) is 28.9 Å². The number of ketones is 2. The molecule has 202 valence electrons. The van der Waals surface area contributed by atoms with Crippen LogP contribution in [0, 0.1) is 17.8 Å². The number of phenols is 1. The molecule has 0 saturated heterocycles. The molecule has 1 aromatic carbocycles. The van der Waals surface area contributed by atoms with Crippen molar-refractivity contribution in [3.63, 3.8) is 0 Å². The highest BCUT2D eigenvalue weighted by Crippen LogP contribution is 2.57. The van der Waals surface area contributed by atoms with Crippen molar-refractivity contribution in [2.75, 3.05) is 14.1 Å². The lowest BCUT2D eigenvalue weighted by Gasteiger charge is -2.54. The Hall–Kier alpha value is -3.70. The number of rotatable bonds is 4. The normalized spacial score (nSPS) is 32.9. The summed E-state index contributed by atoms with van der Waals surface area (Å²) in [5.41, 5.74) is 1.58. The first-order valence-corrected chi connectivity index (χ1v) is 12.5. The summed E-state index contributed by atoms with van der Waals surface area (Å²) >= 11 is 0. The van der Waals surface area contributed by atoms with Gasteiger partial charge < -0.3 is 30.9 Å². The van der Waals surface area contributed by atoms with E-state index in [1.165, 1.54) is 25.1 Å². The predicted molar refractivity (Wildman–Crippen MR) is 132 cm³/mol. The number of carbonyl (C=O) groups excluding carboxylic acids is 4. The number of esters is 1. The van der Waals surface area contributed by atoms with Gasteiger partial charge in [-0.05, 0) is 44.5 Å². The third kappa shape index (κ3) is 3.27. The molecule has 0 radical (unpaired) electrons. The summed E-state index contributed by atoms with van der Waals surface area (Å²) in [6.07, 6.45) is 0.648. The standard InChI is InChI=1S/C27H30N2O9/c1-10-12-8-5-9-13(30)15(12)20(31)16-14(10)22(38-26(36)11-6-4-7-11)18-19(29(2)3)21(32)17(25(28)35)24(34)27(18,37)23(16)33/h5,8-11,14,18-19,22,30-31,34,37H,4,6-7H2,1-3H3,(H2,28,35)/t10-,14+,18+,19-,22-,27-/m0/s1. The van der Waals surface area contributed by atoms with Gasteiger partial charge in [-0.25, -0.2) is 0 Å². The van der Waals surface area contributed by atoms with Gasteiger partial charge in [0.15, 0.2) is 11.4 Å². The lowest BCUT2D eigenvalue weighted by Crippen LogP contribution is -2.71. The molecular weight excluding hydrogens is 496 g/mol. The maximum absolute atomic E-state index is 14.1. The number of hydrogen-bond donors (Lipinski definition) is 5. The monoisotopic (exact) mass is 526 g/mol. The third-order valence-electron chi connectivity index (χ3n) is 8.66. The summed E-state index contributed by atoms with van der Waals surface area (Å²) in [4.78, 5) is 54.4. The van der Waals surface area contributed by atoms with E-state index < -0.39 is 82.0 Å². The van der Waals surface area contributed by atoms with Gasteiger partial charge in [0, 0.05) is 11.5 Å². The van der Waals surface area contributed by atoms with Crippen LogP contribution in [0.4, 0.5) is 0 Å². The molecule has 4 aliphatic rings. The summed E-state index contributed by atoms with van der Waals surface area (Å²) in [7, 11) is 2.97. The fourth-order valence-corrected chi connectivity index (χ4v) is 6.56. The molecule has 6 N–H and O–H groups in total. The zero-order valence-corrected chi connectivity index (χ0v) is 21.2. The van der Waals surface area contributed by atoms with Crippen LogP contribution in [0.5, 0.6) is 5.75 Å². The van der Waals surface area contributed by atoms with Crippen LogP contribution in [-0.2, 0) is 23.9 Å². The summed E-state index contributed by atoms with van der Waals surface area (Å²) in [6, 6.07) is 3.16. The van der Waals surface area contributed by atoms with Crippen LogP contribution in [0.3, 0.4) is 0 Å². The Morgan fingerprint density at radius 3 is 2.34 bits per heavy atom. The van der Waals surface area contributed by atoms with E-state index >= 15 is 0 Å². The average molecular weight is 527 g/mol. The number of aliphatic hydroxyl groups is 3. The van der Waals surface area contributed by atoms with Crippen molar-refractivity contribution in [3.8, 4) is 5.75 Å². The second kappa shape index (κ2) is 8.67. The number of fused-ring (bicyclic) bond motifs is 3. The van der Waals surface area contributed by atoms with E-state index in [4.69, 9.17) is 10.5 Å². The van der Waals surface area contributed by atoms with Gasteiger partial charge in [-0.2, -0.15) is 0 Å². The number of nitrogens with two attached hydrogens (primary N) is 1. The van der Waals surface area contributed by atoms with Crippen molar-refractivity contribution in [3.05, 3.63) is 46.2 Å². The van der Waals surface area contributed by atoms with Crippen molar-refractivity contribution in [2.45, 2.75) is 49.9 Å². The molecule has 11 heteroatoms. The quantitative estimate of drug-likeness (QED) is 0.278. The molecule has 38 heavy (non-hydrogen) atoms. The first-order chi connectivity index (χ1) is 17.8. The first-order valence-electron chi connectivity index (χ1n) is 12.5. The van der Waals surface area contributed by atoms with Crippen molar-refractivity contribution in [1.29, 1.82) is 0 Å². The molecule has 0 bridgehead atoms. The van der Waals surface area contributed by atoms with Gasteiger partial charge in [-0.1, -0.05) is 25.5 Å². The highest BCUT2D eigenvalue weighted by atomic mass is 16.5. The number of Topliss-reactive ketones (excluding diaryl/α,β-unsaturated/α-hetero) is 2. The van der Waals surface area contributed by atoms with Crippen LogP contribution in [-0.4, -0.2) is 80.6 Å². The summed E-state index contributed by atoms with van der Waals surface area (Å²) in [6.45, 7) is 1.72. The Kier molecular flexibility index (Phi) is 5.92. The molecule has 2 saturated carbocycles. The number of amides is 1. The van der Waals surface area contributed by atoms with E-state index in [2.05, 4.69) is 0 Å². The zero-order chi connectivity index (χ0) is 27.8. The summed E-state index contributed by atoms with van der Waals surface area (Å²) in [5, 5.41) is 45.0. The highest BCUT2D eigenvalue weighted by Gasteiger charge is 2.69. The topological polar surface area (TPSA) is 188 Å². The van der Waals surface area contributed by atoms with Crippen LogP contribution in [0.1, 0.15) is 43.2 Å². The average Bonchev–Trinajstić information content (AvgIpc) is 2.79. The molecule has 0 spiro atoms. The second-order valence-electron chi connectivity index (χ2n) is 10.8. The van der Waals surface area contributed by atoms with Crippen LogP contribution < -0.4 is 5.73 Å². The maximum Gasteiger partial charge on any atom is 0.309 e. The number of ether oxygens (including phenoxy) is 1. The molecule has 6 atom stereocenters. The van der Waals surface area contributed by atoms with Gasteiger partial charge in [-0.15, -0.1) is 0 Å². The van der Waals surface area contributed by atoms with Crippen molar-refractivity contribution < 1.29 is 44.3 Å². The van der Waals surface area contributed by atoms with Gasteiger partial charge in [0.25, 0.3) is 5.91 Å². The Balaban J connectivity index is 1.82. The van der Waals surface area contributed by atoms with Gasteiger partial charge in [0.2, 0.25) is 5.78 Å². The summed E-state index contributed by atoms with van der Waals surface area (Å²) < 4.78 is 6.00. The van der Waals surface area contributed by atoms with Crippen LogP contribution in [0.15, 0.2) is 35.1 Å². The van der Waals surface area contributed by atoms with Gasteiger partial charge >= 0.3 is 5.97 Å². The molecule has 1 aromatic rings. The highest BCUT2D eigenvalue weighted by molar-refractivity contribution is 6.24. The smallest absolute Gasteiger partial charge is 0.309 e. The predicted octanol–water partition coefficient (Wildman–Crippen LogP) is 0.847. The largest absolute Gasteiger partial charge is 0.508 e. The molecule has 0 aromatic heterocycles. The Morgan fingerprint density at radius 2 is 1.79 bits per heavy atom. The maximum atomic E-state index is 14.1. The number of aromatic hydroxyl groups is 1. The van der Waals surface area contributed by atoms with Gasteiger partial charge in [-0.3, -0.25) is 24.1 Å². The lowest BCUT2D eigenvalue weighted by molar-refractivity contribution is -0.189. The SMILES string of the molecule is C[C@H]1c2cccc(O)c2C(O)=C2C(=O)[C@]3(O)C(O)=C(C(N)=O)C(=O)[C@@H](N(C)C)[C@@H]3[C@@H](OC(=O)C3CCC3)[C@@H]21. The number of benzene rings is 1. The van der Waals surface area contributed by atoms with E-state index in [0.29, 0.717) is 18.4 Å². The Morgan fingerprint density at radius 1 is 1.13 bits per heavy atom. The molecule has 0 unspecified atom stereocenters. The minimum absolute atomic E-state index is 0.0274. The number of likely N-dealkylation sites (N-methyl/N-ethyl adjacent to an activating group) is 1. The van der Waals surface area contributed by atoms with E-state index in [-0.39, 0.29) is 16.9 Å². The van der Waals surface area contributed by atoms with Crippen LogP contribution in [0.25, 0.3) is 5.76 Å². The second-order valence-corrected chi connectivity index (χ2v) is 10.8. The van der Waals surface area contributed by atoms with Crippen molar-refractivity contribution >= 4 is 29.2 Å². The molecule has 4 aliphatic carbocycles. The number of carbonyl (C=O) groups is 4. The van der Waals surface area contributed by atoms with E-state index in [9.17, 15) is 39.6 Å². The van der Waals surface area contributed by atoms with E-state index in [1.54, 1.807) is 19.1 Å². The van der Waals surface area contributed by atoms with Gasteiger partial charge in [0.05, 0.1) is 23.4 Å². The third-order valence-corrected chi connectivity index (χ3v) is 8.66. The lowest BCUT2D eigenvalue weighted by atomic mass is 9.54. The van der Waals surface area contributed by atoms with Crippen molar-refractivity contribution in [1.82, 2.24) is 4.90 Å². The van der Waals surface area contributed by atoms with Crippen LogP contribution in [0.2, 0.25) is 0 Å². The molecule has 0 heterocycles. The fraction of sp³-hybridized carbons (Fsp3) is 0.481. The fourth-order valence-electron chi connectivity index (χ4n) is 6.56.